The van der Waals surface area contributed by atoms with Crippen molar-refractivity contribution in [1.29, 1.82) is 0 Å². The third-order valence-electron chi connectivity index (χ3n) is 3.44. The highest BCUT2D eigenvalue weighted by Crippen LogP contribution is 2.22. The first-order valence-corrected chi connectivity index (χ1v) is 7.70. The van der Waals surface area contributed by atoms with Gasteiger partial charge in [0.25, 0.3) is 0 Å². The molecule has 0 aliphatic rings. The average Bonchev–Trinajstić information content (AvgIpc) is 2.50. The lowest BCUT2D eigenvalue weighted by Gasteiger charge is -2.10. The van der Waals surface area contributed by atoms with Gasteiger partial charge in [0, 0.05) is 10.7 Å². The van der Waals surface area contributed by atoms with Crippen LogP contribution < -0.4 is 10.6 Å². The zero-order valence-electron chi connectivity index (χ0n) is 13.2. The number of halogens is 1. The molecule has 0 saturated heterocycles. The summed E-state index contributed by atoms with van der Waals surface area (Å²) < 4.78 is 0. The van der Waals surface area contributed by atoms with E-state index in [9.17, 15) is 9.59 Å². The molecule has 2 amide bonds. The van der Waals surface area contributed by atoms with Gasteiger partial charge in [-0.2, -0.15) is 0 Å². The van der Waals surface area contributed by atoms with Crippen LogP contribution in [0.3, 0.4) is 0 Å². The molecule has 5 heteroatoms. The predicted octanol–water partition coefficient (Wildman–Crippen LogP) is 3.25. The highest BCUT2D eigenvalue weighted by Gasteiger charge is 2.09. The van der Waals surface area contributed by atoms with E-state index in [0.29, 0.717) is 10.7 Å². The Labute approximate surface area is 140 Å². The highest BCUT2D eigenvalue weighted by molar-refractivity contribution is 6.31. The summed E-state index contributed by atoms with van der Waals surface area (Å²) in [5, 5.41) is 5.95. The van der Waals surface area contributed by atoms with E-state index in [-0.39, 0.29) is 24.8 Å². The van der Waals surface area contributed by atoms with Crippen LogP contribution in [0, 0.1) is 13.8 Å². The van der Waals surface area contributed by atoms with E-state index in [1.807, 2.05) is 38.1 Å². The van der Waals surface area contributed by atoms with Crippen molar-refractivity contribution < 1.29 is 9.59 Å². The van der Waals surface area contributed by atoms with Crippen LogP contribution in [0.4, 0.5) is 5.69 Å². The molecule has 0 atom stereocenters. The third kappa shape index (κ3) is 5.11. The molecule has 0 bridgehead atoms. The minimum atomic E-state index is -0.284. The number of rotatable bonds is 5. The number of benzene rings is 2. The average molecular weight is 331 g/mol. The van der Waals surface area contributed by atoms with Gasteiger partial charge in [0.1, 0.15) is 0 Å². The lowest BCUT2D eigenvalue weighted by Crippen LogP contribution is -2.33. The summed E-state index contributed by atoms with van der Waals surface area (Å²) in [4.78, 5) is 23.8. The molecule has 120 valence electrons. The summed E-state index contributed by atoms with van der Waals surface area (Å²) in [6, 6.07) is 13.0. The first-order chi connectivity index (χ1) is 11.0. The first-order valence-electron chi connectivity index (χ1n) is 7.33. The second-order valence-electron chi connectivity index (χ2n) is 5.40. The van der Waals surface area contributed by atoms with Crippen LogP contribution >= 0.6 is 11.6 Å². The van der Waals surface area contributed by atoms with Crippen molar-refractivity contribution in [2.24, 2.45) is 0 Å². The maximum Gasteiger partial charge on any atom is 0.243 e. The molecular formula is C18H19ClN2O2. The van der Waals surface area contributed by atoms with Crippen LogP contribution in [0.5, 0.6) is 0 Å². The molecular weight excluding hydrogens is 312 g/mol. The minimum Gasteiger partial charge on any atom is -0.347 e. The molecule has 0 fully saturated rings. The summed E-state index contributed by atoms with van der Waals surface area (Å²) in [6.07, 6.45) is 0.255. The van der Waals surface area contributed by atoms with Gasteiger partial charge in [-0.25, -0.2) is 0 Å². The van der Waals surface area contributed by atoms with E-state index >= 15 is 0 Å². The zero-order chi connectivity index (χ0) is 16.8. The normalized spacial score (nSPS) is 10.2. The molecule has 2 aromatic carbocycles. The Balaban J connectivity index is 1.84. The number of anilines is 1. The van der Waals surface area contributed by atoms with Crippen LogP contribution in [-0.2, 0) is 16.0 Å². The third-order valence-corrected chi connectivity index (χ3v) is 3.84. The molecule has 0 unspecified atom stereocenters. The van der Waals surface area contributed by atoms with Crippen molar-refractivity contribution in [1.82, 2.24) is 5.32 Å². The Bertz CT molecular complexity index is 729. The molecule has 2 rings (SSSR count). The fourth-order valence-electron chi connectivity index (χ4n) is 2.19. The number of nitrogens with one attached hydrogen (secondary N) is 2. The van der Waals surface area contributed by atoms with E-state index in [0.717, 1.165) is 16.7 Å². The van der Waals surface area contributed by atoms with Crippen LogP contribution in [0.2, 0.25) is 5.02 Å². The fourth-order valence-corrected chi connectivity index (χ4v) is 2.36. The second-order valence-corrected chi connectivity index (χ2v) is 5.81. The van der Waals surface area contributed by atoms with Crippen LogP contribution in [-0.4, -0.2) is 18.4 Å². The van der Waals surface area contributed by atoms with Crippen molar-refractivity contribution in [3.8, 4) is 0 Å². The van der Waals surface area contributed by atoms with Gasteiger partial charge in [-0.05, 0) is 37.1 Å². The van der Waals surface area contributed by atoms with E-state index < -0.39 is 0 Å². The Kier molecular flexibility index (Phi) is 5.77. The van der Waals surface area contributed by atoms with Crippen LogP contribution in [0.15, 0.2) is 42.5 Å². The summed E-state index contributed by atoms with van der Waals surface area (Å²) in [7, 11) is 0. The standard InChI is InChI=1S/C18H19ClN2O2/c1-12-5-3-6-14(9-12)10-17(22)20-11-18(23)21-16-8-4-7-15(19)13(16)2/h3-9H,10-11H2,1-2H3,(H,20,22)(H,21,23). The molecule has 0 saturated carbocycles. The van der Waals surface area contributed by atoms with Crippen molar-refractivity contribution in [3.63, 3.8) is 0 Å². The molecule has 0 aromatic heterocycles. The largest absolute Gasteiger partial charge is 0.347 e. The van der Waals surface area contributed by atoms with Crippen molar-refractivity contribution in [3.05, 3.63) is 64.2 Å². The van der Waals surface area contributed by atoms with Gasteiger partial charge in [-0.15, -0.1) is 0 Å². The Hall–Kier alpha value is -2.33. The molecule has 4 nitrogen and oxygen atoms in total. The Morgan fingerprint density at radius 1 is 1.04 bits per heavy atom. The lowest BCUT2D eigenvalue weighted by molar-refractivity contribution is -0.123. The minimum absolute atomic E-state index is 0.0728. The zero-order valence-corrected chi connectivity index (χ0v) is 13.9. The first kappa shape index (κ1) is 17.0. The van der Waals surface area contributed by atoms with E-state index in [2.05, 4.69) is 10.6 Å². The van der Waals surface area contributed by atoms with Gasteiger partial charge in [0.2, 0.25) is 11.8 Å². The number of amides is 2. The van der Waals surface area contributed by atoms with Gasteiger partial charge in [-0.1, -0.05) is 47.5 Å². The fraction of sp³-hybridized carbons (Fsp3) is 0.222. The molecule has 0 spiro atoms. The maximum absolute atomic E-state index is 11.9. The Morgan fingerprint density at radius 2 is 1.78 bits per heavy atom. The van der Waals surface area contributed by atoms with E-state index in [1.54, 1.807) is 18.2 Å². The highest BCUT2D eigenvalue weighted by atomic mass is 35.5. The molecule has 2 aromatic rings. The molecule has 0 aliphatic carbocycles. The summed E-state index contributed by atoms with van der Waals surface area (Å²) >= 11 is 6.01. The number of carbonyl (C=O) groups excluding carboxylic acids is 2. The molecule has 23 heavy (non-hydrogen) atoms. The monoisotopic (exact) mass is 330 g/mol. The quantitative estimate of drug-likeness (QED) is 0.884. The maximum atomic E-state index is 11.9. The number of carbonyl (C=O) groups is 2. The molecule has 0 heterocycles. The van der Waals surface area contributed by atoms with Crippen molar-refractivity contribution in [2.75, 3.05) is 11.9 Å². The number of hydrogen-bond donors (Lipinski definition) is 2. The second kappa shape index (κ2) is 7.79. The van der Waals surface area contributed by atoms with Crippen molar-refractivity contribution >= 4 is 29.1 Å². The SMILES string of the molecule is Cc1cccc(CC(=O)NCC(=O)Nc2cccc(Cl)c2C)c1. The topological polar surface area (TPSA) is 58.2 Å². The summed E-state index contributed by atoms with van der Waals surface area (Å²) in [6.45, 7) is 3.73. The van der Waals surface area contributed by atoms with E-state index in [4.69, 9.17) is 11.6 Å². The van der Waals surface area contributed by atoms with Gasteiger partial charge in [0.05, 0.1) is 13.0 Å². The van der Waals surface area contributed by atoms with Crippen LogP contribution in [0.25, 0.3) is 0 Å². The van der Waals surface area contributed by atoms with E-state index in [1.165, 1.54) is 0 Å². The molecule has 0 radical (unpaired) electrons. The molecule has 2 N–H and O–H groups in total. The number of hydrogen-bond acceptors (Lipinski definition) is 2. The Morgan fingerprint density at radius 3 is 2.52 bits per heavy atom. The van der Waals surface area contributed by atoms with Gasteiger partial charge < -0.3 is 10.6 Å². The predicted molar refractivity (Wildman–Crippen MR) is 92.7 cm³/mol. The lowest BCUT2D eigenvalue weighted by atomic mass is 10.1. The van der Waals surface area contributed by atoms with Gasteiger partial charge in [0.15, 0.2) is 0 Å². The number of aryl methyl sites for hydroxylation is 1. The summed E-state index contributed by atoms with van der Waals surface area (Å²) in [5.41, 5.74) is 3.47. The van der Waals surface area contributed by atoms with Crippen LogP contribution in [0.1, 0.15) is 16.7 Å². The molecule has 0 aliphatic heterocycles. The van der Waals surface area contributed by atoms with Gasteiger partial charge >= 0.3 is 0 Å². The van der Waals surface area contributed by atoms with Gasteiger partial charge in [-0.3, -0.25) is 9.59 Å². The summed E-state index contributed by atoms with van der Waals surface area (Å²) in [5.74, 6) is -0.471. The smallest absolute Gasteiger partial charge is 0.243 e. The van der Waals surface area contributed by atoms with Crippen molar-refractivity contribution in [2.45, 2.75) is 20.3 Å².